The molecule has 0 saturated carbocycles. The molecule has 2 amide bonds. The van der Waals surface area contributed by atoms with Crippen LogP contribution in [-0.2, 0) is 11.2 Å². The summed E-state index contributed by atoms with van der Waals surface area (Å²) in [6.45, 7) is -0.0975. The number of carbonyl (C=O) groups excluding carboxylic acids is 2. The topological polar surface area (TPSA) is 113 Å². The van der Waals surface area contributed by atoms with Gasteiger partial charge in [0, 0.05) is 19.2 Å². The van der Waals surface area contributed by atoms with Gasteiger partial charge in [0.05, 0.1) is 23.1 Å². The van der Waals surface area contributed by atoms with E-state index in [0.717, 1.165) is 5.56 Å². The fourth-order valence-corrected chi connectivity index (χ4v) is 2.89. The van der Waals surface area contributed by atoms with Crippen LogP contribution < -0.4 is 5.32 Å². The zero-order valence-electron chi connectivity index (χ0n) is 15.0. The van der Waals surface area contributed by atoms with Gasteiger partial charge in [-0.05, 0) is 18.1 Å². The van der Waals surface area contributed by atoms with Crippen LogP contribution in [0.5, 0.6) is 0 Å². The van der Waals surface area contributed by atoms with Crippen LogP contribution in [0.2, 0.25) is 5.02 Å². The quantitative estimate of drug-likeness (QED) is 0.489. The van der Waals surface area contributed by atoms with Crippen molar-refractivity contribution in [1.29, 1.82) is 0 Å². The Kier molecular flexibility index (Phi) is 7.91. The molecule has 2 aromatic carbocycles. The number of benzene rings is 2. The van der Waals surface area contributed by atoms with Gasteiger partial charge < -0.3 is 15.3 Å². The number of nitrogens with one attached hydrogen (secondary N) is 1. The summed E-state index contributed by atoms with van der Waals surface area (Å²) in [5.41, 5.74) is 0.308. The number of nitrogens with zero attached hydrogens (tertiary/aromatic N) is 2. The van der Waals surface area contributed by atoms with Crippen molar-refractivity contribution in [2.75, 3.05) is 26.2 Å². The number of rotatable bonds is 9. The average molecular weight is 406 g/mol. The number of hydrogen-bond acceptors (Lipinski definition) is 5. The SMILES string of the molecule is O=C(NCC(=O)N(CCO)CCc1ccccc1)c1c(Cl)cccc1[N+](=O)[O-]. The van der Waals surface area contributed by atoms with Gasteiger partial charge in [-0.3, -0.25) is 19.7 Å². The van der Waals surface area contributed by atoms with Crippen molar-refractivity contribution in [2.24, 2.45) is 0 Å². The summed E-state index contributed by atoms with van der Waals surface area (Å²) in [5.74, 6) is -1.22. The Morgan fingerprint density at radius 3 is 2.46 bits per heavy atom. The van der Waals surface area contributed by atoms with Gasteiger partial charge in [0.2, 0.25) is 5.91 Å². The number of nitro groups is 1. The minimum atomic E-state index is -0.808. The molecule has 2 N–H and O–H groups in total. The summed E-state index contributed by atoms with van der Waals surface area (Å²) in [5, 5.41) is 22.6. The smallest absolute Gasteiger partial charge is 0.283 e. The second-order valence-electron chi connectivity index (χ2n) is 5.91. The molecule has 0 fully saturated rings. The highest BCUT2D eigenvalue weighted by molar-refractivity contribution is 6.34. The summed E-state index contributed by atoms with van der Waals surface area (Å²) >= 11 is 5.92. The summed E-state index contributed by atoms with van der Waals surface area (Å²) < 4.78 is 0. The number of amides is 2. The molecule has 0 aliphatic carbocycles. The molecular weight excluding hydrogens is 386 g/mol. The lowest BCUT2D eigenvalue weighted by atomic mass is 10.1. The van der Waals surface area contributed by atoms with E-state index in [4.69, 9.17) is 11.6 Å². The van der Waals surface area contributed by atoms with Gasteiger partial charge in [0.1, 0.15) is 5.56 Å². The van der Waals surface area contributed by atoms with E-state index in [-0.39, 0.29) is 30.3 Å². The van der Waals surface area contributed by atoms with E-state index in [9.17, 15) is 24.8 Å². The molecule has 2 rings (SSSR count). The first-order valence-electron chi connectivity index (χ1n) is 8.57. The van der Waals surface area contributed by atoms with Crippen molar-refractivity contribution >= 4 is 29.1 Å². The number of aliphatic hydroxyl groups excluding tert-OH is 1. The van der Waals surface area contributed by atoms with Crippen LogP contribution in [0.25, 0.3) is 0 Å². The lowest BCUT2D eigenvalue weighted by molar-refractivity contribution is -0.385. The molecule has 0 heterocycles. The Hall–Kier alpha value is -2.97. The summed E-state index contributed by atoms with van der Waals surface area (Å²) in [6.07, 6.45) is 0.594. The Labute approximate surface area is 166 Å². The van der Waals surface area contributed by atoms with Crippen LogP contribution >= 0.6 is 11.6 Å². The van der Waals surface area contributed by atoms with Crippen molar-refractivity contribution in [3.05, 3.63) is 74.8 Å². The fourth-order valence-electron chi connectivity index (χ4n) is 2.64. The molecule has 9 heteroatoms. The number of carbonyl (C=O) groups is 2. The third kappa shape index (κ3) is 5.77. The summed E-state index contributed by atoms with van der Waals surface area (Å²) in [4.78, 5) is 36.6. The zero-order valence-corrected chi connectivity index (χ0v) is 15.8. The number of nitro benzene ring substituents is 1. The van der Waals surface area contributed by atoms with Crippen LogP contribution in [0.4, 0.5) is 5.69 Å². The van der Waals surface area contributed by atoms with Gasteiger partial charge >= 0.3 is 0 Å². The van der Waals surface area contributed by atoms with Crippen molar-refractivity contribution < 1.29 is 19.6 Å². The molecule has 0 bridgehead atoms. The number of hydrogen-bond donors (Lipinski definition) is 2. The van der Waals surface area contributed by atoms with Crippen LogP contribution in [0.15, 0.2) is 48.5 Å². The van der Waals surface area contributed by atoms with Gasteiger partial charge in [0.25, 0.3) is 11.6 Å². The molecule has 28 heavy (non-hydrogen) atoms. The third-order valence-electron chi connectivity index (χ3n) is 4.05. The molecule has 0 unspecified atom stereocenters. The zero-order chi connectivity index (χ0) is 20.5. The molecule has 0 aliphatic rings. The van der Waals surface area contributed by atoms with Crippen molar-refractivity contribution in [3.8, 4) is 0 Å². The van der Waals surface area contributed by atoms with Gasteiger partial charge in [0.15, 0.2) is 0 Å². The first kappa shape index (κ1) is 21.3. The Morgan fingerprint density at radius 2 is 1.82 bits per heavy atom. The average Bonchev–Trinajstić information content (AvgIpc) is 2.69. The molecule has 0 aliphatic heterocycles. The van der Waals surface area contributed by atoms with Crippen LogP contribution in [0.1, 0.15) is 15.9 Å². The van der Waals surface area contributed by atoms with Crippen LogP contribution in [0, 0.1) is 10.1 Å². The lowest BCUT2D eigenvalue weighted by Crippen LogP contribution is -2.42. The maximum Gasteiger partial charge on any atom is 0.283 e. The maximum atomic E-state index is 12.4. The van der Waals surface area contributed by atoms with Crippen molar-refractivity contribution in [1.82, 2.24) is 10.2 Å². The Morgan fingerprint density at radius 1 is 1.11 bits per heavy atom. The van der Waals surface area contributed by atoms with Crippen molar-refractivity contribution in [2.45, 2.75) is 6.42 Å². The highest BCUT2D eigenvalue weighted by Crippen LogP contribution is 2.25. The van der Waals surface area contributed by atoms with Gasteiger partial charge in [-0.2, -0.15) is 0 Å². The normalized spacial score (nSPS) is 10.4. The molecular formula is C19H20ClN3O5. The Bertz CT molecular complexity index is 845. The predicted molar refractivity (Wildman–Crippen MR) is 104 cm³/mol. The van der Waals surface area contributed by atoms with Gasteiger partial charge in [-0.15, -0.1) is 0 Å². The molecule has 8 nitrogen and oxygen atoms in total. The first-order chi connectivity index (χ1) is 13.4. The van der Waals surface area contributed by atoms with E-state index in [0.29, 0.717) is 13.0 Å². The van der Waals surface area contributed by atoms with E-state index in [2.05, 4.69) is 5.32 Å². The molecule has 0 spiro atoms. The monoisotopic (exact) mass is 405 g/mol. The van der Waals surface area contributed by atoms with Gasteiger partial charge in [-0.25, -0.2) is 0 Å². The molecule has 0 atom stereocenters. The fraction of sp³-hybridized carbons (Fsp3) is 0.263. The van der Waals surface area contributed by atoms with Crippen LogP contribution in [0.3, 0.4) is 0 Å². The standard InChI is InChI=1S/C19H20ClN3O5/c20-15-7-4-8-16(23(27)28)18(15)19(26)21-13-17(25)22(11-12-24)10-9-14-5-2-1-3-6-14/h1-8,24H,9-13H2,(H,21,26). The molecule has 148 valence electrons. The van der Waals surface area contributed by atoms with Crippen LogP contribution in [-0.4, -0.2) is 53.0 Å². The largest absolute Gasteiger partial charge is 0.395 e. The molecule has 0 aromatic heterocycles. The lowest BCUT2D eigenvalue weighted by Gasteiger charge is -2.22. The first-order valence-corrected chi connectivity index (χ1v) is 8.95. The molecule has 0 radical (unpaired) electrons. The van der Waals surface area contributed by atoms with Crippen molar-refractivity contribution in [3.63, 3.8) is 0 Å². The maximum absolute atomic E-state index is 12.4. The minimum absolute atomic E-state index is 0.0737. The number of halogens is 1. The highest BCUT2D eigenvalue weighted by Gasteiger charge is 2.24. The third-order valence-corrected chi connectivity index (χ3v) is 4.37. The predicted octanol–water partition coefficient (Wildman–Crippen LogP) is 2.04. The van der Waals surface area contributed by atoms with E-state index >= 15 is 0 Å². The van der Waals surface area contributed by atoms with E-state index < -0.39 is 22.4 Å². The van der Waals surface area contributed by atoms with E-state index in [1.54, 1.807) is 0 Å². The molecule has 2 aromatic rings. The highest BCUT2D eigenvalue weighted by atomic mass is 35.5. The number of aliphatic hydroxyl groups is 1. The second-order valence-corrected chi connectivity index (χ2v) is 6.32. The second kappa shape index (κ2) is 10.4. The summed E-state index contributed by atoms with van der Waals surface area (Å²) in [6, 6.07) is 13.4. The molecule has 0 saturated heterocycles. The van der Waals surface area contributed by atoms with Gasteiger partial charge in [-0.1, -0.05) is 48.0 Å². The Balaban J connectivity index is 2.00. The minimum Gasteiger partial charge on any atom is -0.395 e. The summed E-state index contributed by atoms with van der Waals surface area (Å²) in [7, 11) is 0. The van der Waals surface area contributed by atoms with E-state index in [1.165, 1.54) is 23.1 Å². The van der Waals surface area contributed by atoms with E-state index in [1.807, 2.05) is 30.3 Å².